The van der Waals surface area contributed by atoms with E-state index in [-0.39, 0.29) is 18.9 Å². The van der Waals surface area contributed by atoms with Crippen LogP contribution < -0.4 is 10.6 Å². The van der Waals surface area contributed by atoms with Crippen LogP contribution in [0.15, 0.2) is 17.5 Å². The van der Waals surface area contributed by atoms with Crippen LogP contribution >= 0.6 is 11.3 Å². The Morgan fingerprint density at radius 2 is 2.05 bits per heavy atom. The zero-order chi connectivity index (χ0) is 14.5. The molecule has 3 N–H and O–H groups in total. The van der Waals surface area contributed by atoms with E-state index in [1.165, 1.54) is 11.3 Å². The minimum atomic E-state index is -0.993. The highest BCUT2D eigenvalue weighted by atomic mass is 32.1. The molecule has 0 saturated heterocycles. The maximum atomic E-state index is 11.6. The molecule has 0 bridgehead atoms. The number of rotatable bonds is 6. The second kappa shape index (κ2) is 6.33. The number of carboxylic acids is 1. The van der Waals surface area contributed by atoms with Gasteiger partial charge in [0, 0.05) is 5.54 Å². The van der Waals surface area contributed by atoms with Crippen LogP contribution in [-0.4, -0.2) is 35.0 Å². The number of nitrogens with one attached hydrogen (secondary N) is 2. The number of hydrogen-bond acceptors (Lipinski definition) is 4. The maximum Gasteiger partial charge on any atom is 0.305 e. The molecule has 2 amide bonds. The van der Waals surface area contributed by atoms with Crippen LogP contribution in [0.1, 0.15) is 29.9 Å². The van der Waals surface area contributed by atoms with Crippen molar-refractivity contribution in [1.82, 2.24) is 10.6 Å². The first-order valence-electron chi connectivity index (χ1n) is 5.65. The van der Waals surface area contributed by atoms with Crippen molar-refractivity contribution in [3.63, 3.8) is 0 Å². The number of carbonyl (C=O) groups is 3. The third kappa shape index (κ3) is 5.52. The van der Waals surface area contributed by atoms with Gasteiger partial charge in [0.2, 0.25) is 5.91 Å². The van der Waals surface area contributed by atoms with E-state index in [1.807, 2.05) is 0 Å². The standard InChI is InChI=1S/C12H16N2O4S/c1-12(2,6-10(16)17)14-9(15)7-13-11(18)8-4-3-5-19-8/h3-5H,6-7H2,1-2H3,(H,13,18)(H,14,15)(H,16,17). The van der Waals surface area contributed by atoms with Crippen molar-refractivity contribution >= 4 is 29.1 Å². The third-order valence-electron chi connectivity index (χ3n) is 2.23. The highest BCUT2D eigenvalue weighted by molar-refractivity contribution is 7.12. The van der Waals surface area contributed by atoms with Crippen LogP contribution in [0.4, 0.5) is 0 Å². The molecule has 0 aliphatic heterocycles. The van der Waals surface area contributed by atoms with Gasteiger partial charge in [-0.1, -0.05) is 6.07 Å². The first kappa shape index (κ1) is 15.2. The summed E-state index contributed by atoms with van der Waals surface area (Å²) in [7, 11) is 0. The fourth-order valence-corrected chi connectivity index (χ4v) is 2.14. The number of amides is 2. The van der Waals surface area contributed by atoms with Crippen LogP contribution in [0.3, 0.4) is 0 Å². The smallest absolute Gasteiger partial charge is 0.305 e. The van der Waals surface area contributed by atoms with E-state index >= 15 is 0 Å². The molecular weight excluding hydrogens is 268 g/mol. The average Bonchev–Trinajstić information content (AvgIpc) is 2.76. The van der Waals surface area contributed by atoms with Crippen LogP contribution in [0.25, 0.3) is 0 Å². The van der Waals surface area contributed by atoms with Crippen molar-refractivity contribution in [3.05, 3.63) is 22.4 Å². The van der Waals surface area contributed by atoms with Crippen LogP contribution in [0, 0.1) is 0 Å². The fourth-order valence-electron chi connectivity index (χ4n) is 1.50. The number of hydrogen-bond donors (Lipinski definition) is 3. The quantitative estimate of drug-likeness (QED) is 0.721. The Labute approximate surface area is 114 Å². The van der Waals surface area contributed by atoms with Gasteiger partial charge in [-0.25, -0.2) is 0 Å². The lowest BCUT2D eigenvalue weighted by Gasteiger charge is -2.24. The summed E-state index contributed by atoms with van der Waals surface area (Å²) in [5.41, 5.74) is -0.851. The number of aliphatic carboxylic acids is 1. The molecule has 0 saturated carbocycles. The van der Waals surface area contributed by atoms with E-state index in [4.69, 9.17) is 5.11 Å². The van der Waals surface area contributed by atoms with Gasteiger partial charge in [-0.05, 0) is 25.3 Å². The SMILES string of the molecule is CC(C)(CC(=O)O)NC(=O)CNC(=O)c1cccs1. The summed E-state index contributed by atoms with van der Waals surface area (Å²) >= 11 is 1.28. The molecule has 0 aliphatic rings. The Kier molecular flexibility index (Phi) is 5.05. The van der Waals surface area contributed by atoms with E-state index < -0.39 is 17.4 Å². The van der Waals surface area contributed by atoms with Gasteiger partial charge in [0.1, 0.15) is 0 Å². The molecule has 0 atom stereocenters. The largest absolute Gasteiger partial charge is 0.481 e. The van der Waals surface area contributed by atoms with Crippen LogP contribution in [-0.2, 0) is 9.59 Å². The number of carboxylic acid groups (broad SMARTS) is 1. The van der Waals surface area contributed by atoms with E-state index in [0.29, 0.717) is 4.88 Å². The van der Waals surface area contributed by atoms with Gasteiger partial charge in [-0.2, -0.15) is 0 Å². The molecule has 1 heterocycles. The van der Waals surface area contributed by atoms with Gasteiger partial charge < -0.3 is 15.7 Å². The van der Waals surface area contributed by atoms with E-state index in [9.17, 15) is 14.4 Å². The molecule has 1 rings (SSSR count). The fraction of sp³-hybridized carbons (Fsp3) is 0.417. The van der Waals surface area contributed by atoms with Crippen molar-refractivity contribution in [3.8, 4) is 0 Å². The second-order valence-corrected chi connectivity index (χ2v) is 5.61. The molecule has 0 fully saturated rings. The monoisotopic (exact) mass is 284 g/mol. The highest BCUT2D eigenvalue weighted by Gasteiger charge is 2.23. The van der Waals surface area contributed by atoms with Gasteiger partial charge in [0.25, 0.3) is 5.91 Å². The number of carbonyl (C=O) groups excluding carboxylic acids is 2. The summed E-state index contributed by atoms with van der Waals surface area (Å²) in [5.74, 6) is -1.73. The Morgan fingerprint density at radius 1 is 1.37 bits per heavy atom. The molecule has 1 aromatic rings. The van der Waals surface area contributed by atoms with Crippen LogP contribution in [0.2, 0.25) is 0 Å². The van der Waals surface area contributed by atoms with Gasteiger partial charge in [-0.15, -0.1) is 11.3 Å². The van der Waals surface area contributed by atoms with E-state index in [0.717, 1.165) is 0 Å². The first-order valence-corrected chi connectivity index (χ1v) is 6.53. The summed E-state index contributed by atoms with van der Waals surface area (Å²) in [4.78, 5) is 34.3. The molecule has 0 aromatic carbocycles. The molecule has 0 aliphatic carbocycles. The molecule has 19 heavy (non-hydrogen) atoms. The normalized spacial score (nSPS) is 10.8. The summed E-state index contributed by atoms with van der Waals surface area (Å²) in [6.45, 7) is 3.04. The third-order valence-corrected chi connectivity index (χ3v) is 3.09. The van der Waals surface area contributed by atoms with E-state index in [1.54, 1.807) is 31.4 Å². The molecular formula is C12H16N2O4S. The molecule has 6 nitrogen and oxygen atoms in total. The Bertz CT molecular complexity index is 468. The topological polar surface area (TPSA) is 95.5 Å². The lowest BCUT2D eigenvalue weighted by molar-refractivity contribution is -0.138. The predicted octanol–water partition coefficient (Wildman–Crippen LogP) is 0.847. The highest BCUT2D eigenvalue weighted by Crippen LogP contribution is 2.08. The van der Waals surface area contributed by atoms with Crippen molar-refractivity contribution < 1.29 is 19.5 Å². The van der Waals surface area contributed by atoms with Gasteiger partial charge in [0.15, 0.2) is 0 Å². The second-order valence-electron chi connectivity index (χ2n) is 4.66. The Morgan fingerprint density at radius 3 is 2.58 bits per heavy atom. The van der Waals surface area contributed by atoms with Gasteiger partial charge in [0.05, 0.1) is 17.8 Å². The van der Waals surface area contributed by atoms with Crippen molar-refractivity contribution in [2.24, 2.45) is 0 Å². The lowest BCUT2D eigenvalue weighted by atomic mass is 10.0. The summed E-state index contributed by atoms with van der Waals surface area (Å²) < 4.78 is 0. The lowest BCUT2D eigenvalue weighted by Crippen LogP contribution is -2.48. The molecule has 0 radical (unpaired) electrons. The van der Waals surface area contributed by atoms with Gasteiger partial charge in [-0.3, -0.25) is 14.4 Å². The zero-order valence-corrected chi connectivity index (χ0v) is 11.5. The zero-order valence-electron chi connectivity index (χ0n) is 10.7. The molecule has 7 heteroatoms. The Hall–Kier alpha value is -1.89. The minimum absolute atomic E-state index is 0.181. The van der Waals surface area contributed by atoms with Crippen molar-refractivity contribution in [2.45, 2.75) is 25.8 Å². The minimum Gasteiger partial charge on any atom is -0.481 e. The molecule has 0 spiro atoms. The number of thiophene rings is 1. The maximum absolute atomic E-state index is 11.6. The van der Waals surface area contributed by atoms with Crippen molar-refractivity contribution in [2.75, 3.05) is 6.54 Å². The van der Waals surface area contributed by atoms with E-state index in [2.05, 4.69) is 10.6 Å². The molecule has 1 aromatic heterocycles. The summed E-state index contributed by atoms with van der Waals surface area (Å²) in [6, 6.07) is 3.40. The van der Waals surface area contributed by atoms with Gasteiger partial charge >= 0.3 is 5.97 Å². The first-order chi connectivity index (χ1) is 8.80. The van der Waals surface area contributed by atoms with Crippen LogP contribution in [0.5, 0.6) is 0 Å². The predicted molar refractivity (Wildman–Crippen MR) is 71.1 cm³/mol. The summed E-state index contributed by atoms with van der Waals surface area (Å²) in [5, 5.41) is 15.5. The summed E-state index contributed by atoms with van der Waals surface area (Å²) in [6.07, 6.45) is -0.183. The molecule has 0 unspecified atom stereocenters. The van der Waals surface area contributed by atoms with Crippen molar-refractivity contribution in [1.29, 1.82) is 0 Å². The average molecular weight is 284 g/mol. The molecule has 104 valence electrons. The Balaban J connectivity index is 2.40.